The van der Waals surface area contributed by atoms with Crippen LogP contribution in [0.1, 0.15) is 30.0 Å². The number of halogens is 3. The van der Waals surface area contributed by atoms with E-state index in [1.165, 1.54) is 12.5 Å². The molecule has 5 nitrogen and oxygen atoms in total. The number of aryl methyl sites for hydroxylation is 2. The zero-order chi connectivity index (χ0) is 17.7. The number of carbonyl (C=O) groups excluding carboxylic acids is 2. The maximum Gasteiger partial charge on any atom is 0.416 e. The summed E-state index contributed by atoms with van der Waals surface area (Å²) in [6.07, 6.45) is -4.82. The number of nitrogens with one attached hydrogen (secondary N) is 1. The van der Waals surface area contributed by atoms with E-state index in [-0.39, 0.29) is 0 Å². The number of fused-ring (bicyclic) bond motifs is 1. The Hall–Kier alpha value is -2.09. The summed E-state index contributed by atoms with van der Waals surface area (Å²) in [5, 5.41) is 11.6. The number of hydrogen-bond donors (Lipinski definition) is 2. The van der Waals surface area contributed by atoms with Crippen LogP contribution in [-0.4, -0.2) is 40.8 Å². The molecule has 3 rings (SSSR count). The quantitative estimate of drug-likeness (QED) is 0.824. The van der Waals surface area contributed by atoms with Crippen molar-refractivity contribution in [3.05, 3.63) is 34.9 Å². The molecule has 0 unspecified atom stereocenters. The van der Waals surface area contributed by atoms with E-state index >= 15 is 0 Å². The number of imide groups is 1. The molecule has 1 heterocycles. The summed E-state index contributed by atoms with van der Waals surface area (Å²) in [5.74, 6) is -0.797. The largest absolute Gasteiger partial charge is 0.416 e. The molecule has 0 aromatic heterocycles. The first-order chi connectivity index (χ1) is 11.1. The van der Waals surface area contributed by atoms with Gasteiger partial charge in [0.1, 0.15) is 5.54 Å². The molecule has 1 aliphatic carbocycles. The molecule has 1 saturated heterocycles. The van der Waals surface area contributed by atoms with Gasteiger partial charge in [-0.15, -0.1) is 0 Å². The number of urea groups is 1. The summed E-state index contributed by atoms with van der Waals surface area (Å²) in [5.41, 5.74) is 1.37. The Bertz CT molecular complexity index is 704. The number of benzene rings is 1. The van der Waals surface area contributed by atoms with Gasteiger partial charge in [0.2, 0.25) is 0 Å². The van der Waals surface area contributed by atoms with E-state index in [0.717, 1.165) is 24.8 Å². The van der Waals surface area contributed by atoms with Gasteiger partial charge in [-0.2, -0.15) is 13.2 Å². The molecule has 8 heteroatoms. The summed E-state index contributed by atoms with van der Waals surface area (Å²) in [6.45, 7) is 0.346. The summed E-state index contributed by atoms with van der Waals surface area (Å²) >= 11 is 0. The molecule has 130 valence electrons. The maximum absolute atomic E-state index is 12.6. The second-order valence-corrected chi connectivity index (χ2v) is 6.37. The average molecular weight is 342 g/mol. The highest BCUT2D eigenvalue weighted by Gasteiger charge is 2.51. The van der Waals surface area contributed by atoms with E-state index in [1.54, 1.807) is 6.07 Å². The average Bonchev–Trinajstić information content (AvgIpc) is 3.04. The molecular weight excluding hydrogens is 325 g/mol. The molecule has 2 atom stereocenters. The number of carbonyl (C=O) groups is 2. The fourth-order valence-electron chi connectivity index (χ4n) is 3.22. The SMILES string of the molecule is C[C@]1(c2ccc3c(c2)CCC3)NC(=O)N(C[C@@H](O)C(F)(F)F)C1=O. The smallest absolute Gasteiger partial charge is 0.382 e. The molecule has 1 aromatic carbocycles. The van der Waals surface area contributed by atoms with E-state index in [0.29, 0.717) is 10.5 Å². The van der Waals surface area contributed by atoms with Crippen molar-refractivity contribution >= 4 is 11.9 Å². The standard InChI is InChI=1S/C16H17F3N2O3/c1-15(11-6-5-9-3-2-4-10(9)7-11)13(23)21(14(24)20-15)8-12(22)16(17,18)19/h5-7,12,22H,2-4,8H2,1H3,(H,20,24)/t12-,15-/m1/s1. The van der Waals surface area contributed by atoms with Gasteiger partial charge in [-0.25, -0.2) is 4.79 Å². The third kappa shape index (κ3) is 2.64. The van der Waals surface area contributed by atoms with Crippen LogP contribution in [0.15, 0.2) is 18.2 Å². The van der Waals surface area contributed by atoms with Gasteiger partial charge in [0, 0.05) is 0 Å². The van der Waals surface area contributed by atoms with Crippen LogP contribution < -0.4 is 5.32 Å². The summed E-state index contributed by atoms with van der Waals surface area (Å²) in [7, 11) is 0. The molecule has 0 bridgehead atoms. The van der Waals surface area contributed by atoms with Crippen LogP contribution in [0.2, 0.25) is 0 Å². The Morgan fingerprint density at radius 1 is 1.29 bits per heavy atom. The summed E-state index contributed by atoms with van der Waals surface area (Å²) in [6, 6.07) is 4.48. The normalized spacial score (nSPS) is 25.0. The van der Waals surface area contributed by atoms with Gasteiger partial charge < -0.3 is 10.4 Å². The Morgan fingerprint density at radius 3 is 2.62 bits per heavy atom. The van der Waals surface area contributed by atoms with Crippen molar-refractivity contribution in [2.45, 2.75) is 44.0 Å². The van der Waals surface area contributed by atoms with Crippen molar-refractivity contribution in [2.24, 2.45) is 0 Å². The molecule has 2 aliphatic rings. The van der Waals surface area contributed by atoms with Crippen LogP contribution >= 0.6 is 0 Å². The lowest BCUT2D eigenvalue weighted by molar-refractivity contribution is -0.206. The zero-order valence-electron chi connectivity index (χ0n) is 13.0. The van der Waals surface area contributed by atoms with E-state index in [9.17, 15) is 22.8 Å². The second kappa shape index (κ2) is 5.47. The number of rotatable bonds is 3. The van der Waals surface area contributed by atoms with Crippen LogP contribution in [0.5, 0.6) is 0 Å². The Balaban J connectivity index is 1.87. The molecule has 1 fully saturated rings. The van der Waals surface area contributed by atoms with Crippen LogP contribution in [-0.2, 0) is 23.2 Å². The van der Waals surface area contributed by atoms with Crippen molar-refractivity contribution in [3.8, 4) is 0 Å². The van der Waals surface area contributed by atoms with Gasteiger partial charge in [0.25, 0.3) is 5.91 Å². The number of nitrogens with zero attached hydrogens (tertiary/aromatic N) is 1. The third-order valence-corrected chi connectivity index (χ3v) is 4.68. The van der Waals surface area contributed by atoms with E-state index in [2.05, 4.69) is 5.32 Å². The lowest BCUT2D eigenvalue weighted by Crippen LogP contribution is -2.45. The topological polar surface area (TPSA) is 69.6 Å². The Kier molecular flexibility index (Phi) is 3.82. The fourth-order valence-corrected chi connectivity index (χ4v) is 3.22. The first-order valence-electron chi connectivity index (χ1n) is 7.64. The minimum absolute atomic E-state index is 0.422. The van der Waals surface area contributed by atoms with Crippen LogP contribution in [0.3, 0.4) is 0 Å². The number of alkyl halides is 3. The number of β-amino-alcohol motifs (C(OH)–C–C–N with tert-alkyl or cyclic N) is 1. The van der Waals surface area contributed by atoms with Crippen LogP contribution in [0.4, 0.5) is 18.0 Å². The number of hydrogen-bond acceptors (Lipinski definition) is 3. The Labute approximate surface area is 136 Å². The predicted molar refractivity (Wildman–Crippen MR) is 78.1 cm³/mol. The zero-order valence-corrected chi connectivity index (χ0v) is 13.0. The summed E-state index contributed by atoms with van der Waals surface area (Å²) in [4.78, 5) is 25.0. The number of aliphatic hydroxyl groups excluding tert-OH is 1. The molecule has 3 amide bonds. The predicted octanol–water partition coefficient (Wildman–Crippen LogP) is 1.87. The van der Waals surface area contributed by atoms with Gasteiger partial charge in [-0.05, 0) is 42.9 Å². The minimum Gasteiger partial charge on any atom is -0.382 e. The first-order valence-corrected chi connectivity index (χ1v) is 7.64. The maximum atomic E-state index is 12.6. The van der Waals surface area contributed by atoms with Crippen molar-refractivity contribution in [1.29, 1.82) is 0 Å². The number of amides is 3. The van der Waals surface area contributed by atoms with Gasteiger partial charge >= 0.3 is 12.2 Å². The molecule has 0 radical (unpaired) electrons. The molecule has 0 saturated carbocycles. The lowest BCUT2D eigenvalue weighted by Gasteiger charge is -2.24. The summed E-state index contributed by atoms with van der Waals surface area (Å²) < 4.78 is 37.5. The molecule has 0 spiro atoms. The molecule has 1 aliphatic heterocycles. The Morgan fingerprint density at radius 2 is 1.96 bits per heavy atom. The van der Waals surface area contributed by atoms with Crippen molar-refractivity contribution in [1.82, 2.24) is 10.2 Å². The molecule has 1 aromatic rings. The van der Waals surface area contributed by atoms with Crippen molar-refractivity contribution < 1.29 is 27.9 Å². The highest BCUT2D eigenvalue weighted by atomic mass is 19.4. The van der Waals surface area contributed by atoms with Crippen molar-refractivity contribution in [2.75, 3.05) is 6.54 Å². The van der Waals surface area contributed by atoms with E-state index < -0.39 is 36.3 Å². The van der Waals surface area contributed by atoms with E-state index in [4.69, 9.17) is 5.11 Å². The molecule has 24 heavy (non-hydrogen) atoms. The molecular formula is C16H17F3N2O3. The van der Waals surface area contributed by atoms with E-state index in [1.807, 2.05) is 12.1 Å². The monoisotopic (exact) mass is 342 g/mol. The number of aliphatic hydroxyl groups is 1. The second-order valence-electron chi connectivity index (χ2n) is 6.37. The fraction of sp³-hybridized carbons (Fsp3) is 0.500. The van der Waals surface area contributed by atoms with Crippen molar-refractivity contribution in [3.63, 3.8) is 0 Å². The van der Waals surface area contributed by atoms with Gasteiger partial charge in [0.15, 0.2) is 6.10 Å². The van der Waals surface area contributed by atoms with Gasteiger partial charge in [-0.1, -0.05) is 18.2 Å². The van der Waals surface area contributed by atoms with Crippen LogP contribution in [0.25, 0.3) is 0 Å². The molecule has 2 N–H and O–H groups in total. The van der Waals surface area contributed by atoms with Crippen LogP contribution in [0, 0.1) is 0 Å². The van der Waals surface area contributed by atoms with Gasteiger partial charge in [-0.3, -0.25) is 9.69 Å². The third-order valence-electron chi connectivity index (χ3n) is 4.68. The minimum atomic E-state index is -4.90. The highest BCUT2D eigenvalue weighted by molar-refractivity contribution is 6.07. The first kappa shape index (κ1) is 16.8. The van der Waals surface area contributed by atoms with Gasteiger partial charge in [0.05, 0.1) is 6.54 Å². The highest BCUT2D eigenvalue weighted by Crippen LogP contribution is 2.33. The lowest BCUT2D eigenvalue weighted by atomic mass is 9.89.